The van der Waals surface area contributed by atoms with E-state index >= 15 is 0 Å². The smallest absolute Gasteiger partial charge is 0.0406 e. The van der Waals surface area contributed by atoms with E-state index in [4.69, 9.17) is 17.3 Å². The summed E-state index contributed by atoms with van der Waals surface area (Å²) in [5.74, 6) is 0.393. The number of benzene rings is 2. The molecular weight excluding hydrogens is 280 g/mol. The van der Waals surface area contributed by atoms with Gasteiger partial charge in [-0.15, -0.1) is 0 Å². The fourth-order valence-corrected chi connectivity index (χ4v) is 2.70. The van der Waals surface area contributed by atoms with Crippen molar-refractivity contribution in [3.05, 3.63) is 70.7 Å². The van der Waals surface area contributed by atoms with Gasteiger partial charge in [0.25, 0.3) is 0 Å². The highest BCUT2D eigenvalue weighted by atomic mass is 35.5. The summed E-state index contributed by atoms with van der Waals surface area (Å²) in [7, 11) is 2.13. The molecule has 2 atom stereocenters. The molecule has 21 heavy (non-hydrogen) atoms. The van der Waals surface area contributed by atoms with Crippen LogP contribution < -0.4 is 5.73 Å². The van der Waals surface area contributed by atoms with Gasteiger partial charge in [0.15, 0.2) is 0 Å². The van der Waals surface area contributed by atoms with Crippen molar-refractivity contribution in [1.29, 1.82) is 0 Å². The van der Waals surface area contributed by atoms with Gasteiger partial charge in [-0.3, -0.25) is 0 Å². The molecule has 0 saturated heterocycles. The standard InChI is InChI=1S/C18H23ClN2/c1-14(18(20)16-6-4-3-5-7-16)12-21(2)13-15-8-10-17(19)11-9-15/h3-11,14,18H,12-13,20H2,1-2H3. The predicted octanol–water partition coefficient (Wildman–Crippen LogP) is 4.11. The SMILES string of the molecule is CC(CN(C)Cc1ccc(Cl)cc1)C(N)c1ccccc1. The van der Waals surface area contributed by atoms with E-state index in [0.29, 0.717) is 5.92 Å². The summed E-state index contributed by atoms with van der Waals surface area (Å²) in [6.45, 7) is 4.07. The lowest BCUT2D eigenvalue weighted by Crippen LogP contribution is -2.30. The van der Waals surface area contributed by atoms with Gasteiger partial charge < -0.3 is 10.6 Å². The molecule has 3 heteroatoms. The highest BCUT2D eigenvalue weighted by Gasteiger charge is 2.16. The minimum atomic E-state index is 0.0684. The van der Waals surface area contributed by atoms with E-state index in [-0.39, 0.29) is 6.04 Å². The van der Waals surface area contributed by atoms with E-state index in [1.54, 1.807) is 0 Å². The predicted molar refractivity (Wildman–Crippen MR) is 90.3 cm³/mol. The van der Waals surface area contributed by atoms with E-state index in [1.165, 1.54) is 11.1 Å². The topological polar surface area (TPSA) is 29.3 Å². The van der Waals surface area contributed by atoms with Gasteiger partial charge in [0.1, 0.15) is 0 Å². The summed E-state index contributed by atoms with van der Waals surface area (Å²) < 4.78 is 0. The molecular formula is C18H23ClN2. The molecule has 0 spiro atoms. The molecule has 0 aromatic heterocycles. The van der Waals surface area contributed by atoms with Crippen molar-refractivity contribution in [1.82, 2.24) is 4.90 Å². The lowest BCUT2D eigenvalue weighted by atomic mass is 9.95. The number of rotatable bonds is 6. The summed E-state index contributed by atoms with van der Waals surface area (Å²) in [6.07, 6.45) is 0. The summed E-state index contributed by atoms with van der Waals surface area (Å²) in [5.41, 5.74) is 8.82. The Bertz CT molecular complexity index is 539. The van der Waals surface area contributed by atoms with Gasteiger partial charge in [-0.25, -0.2) is 0 Å². The first-order valence-electron chi connectivity index (χ1n) is 7.30. The van der Waals surface area contributed by atoms with Crippen molar-refractivity contribution < 1.29 is 0 Å². The molecule has 2 aromatic carbocycles. The molecule has 0 heterocycles. The van der Waals surface area contributed by atoms with Crippen LogP contribution in [0.3, 0.4) is 0 Å². The maximum absolute atomic E-state index is 6.36. The van der Waals surface area contributed by atoms with Crippen LogP contribution in [0.15, 0.2) is 54.6 Å². The summed E-state index contributed by atoms with van der Waals surface area (Å²) in [4.78, 5) is 2.30. The largest absolute Gasteiger partial charge is 0.324 e. The zero-order valence-corrected chi connectivity index (χ0v) is 13.4. The second kappa shape index (κ2) is 7.60. The molecule has 2 aromatic rings. The minimum Gasteiger partial charge on any atom is -0.324 e. The molecule has 0 amide bonds. The summed E-state index contributed by atoms with van der Waals surface area (Å²) >= 11 is 5.91. The Labute approximate surface area is 132 Å². The van der Waals surface area contributed by atoms with E-state index in [0.717, 1.165) is 18.1 Å². The van der Waals surface area contributed by atoms with Gasteiger partial charge in [0, 0.05) is 24.2 Å². The van der Waals surface area contributed by atoms with Crippen molar-refractivity contribution in [3.63, 3.8) is 0 Å². The maximum atomic E-state index is 6.36. The minimum absolute atomic E-state index is 0.0684. The Kier molecular flexibility index (Phi) is 5.80. The van der Waals surface area contributed by atoms with Crippen LogP contribution in [0.5, 0.6) is 0 Å². The summed E-state index contributed by atoms with van der Waals surface area (Å²) in [6, 6.07) is 18.4. The van der Waals surface area contributed by atoms with Crippen molar-refractivity contribution in [2.24, 2.45) is 11.7 Å². The van der Waals surface area contributed by atoms with Crippen LogP contribution in [0.1, 0.15) is 24.1 Å². The molecule has 0 fully saturated rings. The van der Waals surface area contributed by atoms with Gasteiger partial charge >= 0.3 is 0 Å². The fraction of sp³-hybridized carbons (Fsp3) is 0.333. The molecule has 0 aliphatic heterocycles. The molecule has 0 saturated carbocycles. The molecule has 112 valence electrons. The average molecular weight is 303 g/mol. The lowest BCUT2D eigenvalue weighted by molar-refractivity contribution is 0.258. The van der Waals surface area contributed by atoms with Gasteiger partial charge in [-0.2, -0.15) is 0 Å². The Morgan fingerprint density at radius 3 is 2.29 bits per heavy atom. The Morgan fingerprint density at radius 2 is 1.67 bits per heavy atom. The molecule has 0 aliphatic rings. The van der Waals surface area contributed by atoms with Gasteiger partial charge in [0.05, 0.1) is 0 Å². The van der Waals surface area contributed by atoms with E-state index < -0.39 is 0 Å². The molecule has 0 bridgehead atoms. The quantitative estimate of drug-likeness (QED) is 0.870. The van der Waals surface area contributed by atoms with Crippen LogP contribution in [0.4, 0.5) is 0 Å². The molecule has 2 nitrogen and oxygen atoms in total. The third kappa shape index (κ3) is 4.85. The zero-order valence-electron chi connectivity index (χ0n) is 12.7. The number of nitrogens with zero attached hydrogens (tertiary/aromatic N) is 1. The molecule has 2 unspecified atom stereocenters. The van der Waals surface area contributed by atoms with Crippen molar-refractivity contribution in [2.75, 3.05) is 13.6 Å². The van der Waals surface area contributed by atoms with Crippen LogP contribution in [-0.2, 0) is 6.54 Å². The molecule has 2 rings (SSSR count). The third-order valence-corrected chi connectivity index (χ3v) is 4.01. The van der Waals surface area contributed by atoms with Gasteiger partial charge in [0.2, 0.25) is 0 Å². The first-order chi connectivity index (χ1) is 10.1. The number of nitrogens with two attached hydrogens (primary N) is 1. The van der Waals surface area contributed by atoms with Gasteiger partial charge in [-0.05, 0) is 36.2 Å². The molecule has 2 N–H and O–H groups in total. The first kappa shape index (κ1) is 16.0. The number of halogens is 1. The van der Waals surface area contributed by atoms with Crippen molar-refractivity contribution >= 4 is 11.6 Å². The Morgan fingerprint density at radius 1 is 1.05 bits per heavy atom. The van der Waals surface area contributed by atoms with Crippen LogP contribution in [0.25, 0.3) is 0 Å². The number of hydrogen-bond acceptors (Lipinski definition) is 2. The monoisotopic (exact) mass is 302 g/mol. The van der Waals surface area contributed by atoms with Crippen LogP contribution in [0.2, 0.25) is 5.02 Å². The van der Waals surface area contributed by atoms with Crippen LogP contribution in [-0.4, -0.2) is 18.5 Å². The fourth-order valence-electron chi connectivity index (χ4n) is 2.58. The molecule has 0 aliphatic carbocycles. The lowest BCUT2D eigenvalue weighted by Gasteiger charge is -2.26. The second-order valence-electron chi connectivity index (χ2n) is 5.74. The van der Waals surface area contributed by atoms with E-state index in [1.807, 2.05) is 30.3 Å². The van der Waals surface area contributed by atoms with Crippen molar-refractivity contribution in [2.45, 2.75) is 19.5 Å². The van der Waals surface area contributed by atoms with Crippen LogP contribution in [0, 0.1) is 5.92 Å². The second-order valence-corrected chi connectivity index (χ2v) is 6.17. The average Bonchev–Trinajstić information content (AvgIpc) is 2.49. The third-order valence-electron chi connectivity index (χ3n) is 3.76. The maximum Gasteiger partial charge on any atom is 0.0406 e. The Hall–Kier alpha value is -1.35. The zero-order chi connectivity index (χ0) is 15.2. The highest BCUT2D eigenvalue weighted by Crippen LogP contribution is 2.20. The normalized spacial score (nSPS) is 14.1. The number of hydrogen-bond donors (Lipinski definition) is 1. The highest BCUT2D eigenvalue weighted by molar-refractivity contribution is 6.30. The Balaban J connectivity index is 1.89. The molecule has 0 radical (unpaired) electrons. The summed E-state index contributed by atoms with van der Waals surface area (Å²) in [5, 5.41) is 0.779. The van der Waals surface area contributed by atoms with Crippen molar-refractivity contribution in [3.8, 4) is 0 Å². The van der Waals surface area contributed by atoms with E-state index in [9.17, 15) is 0 Å². The van der Waals surface area contributed by atoms with Gasteiger partial charge in [-0.1, -0.05) is 61.0 Å². The van der Waals surface area contributed by atoms with E-state index in [2.05, 4.69) is 43.1 Å². The van der Waals surface area contributed by atoms with Crippen LogP contribution >= 0.6 is 11.6 Å². The first-order valence-corrected chi connectivity index (χ1v) is 7.67.